The zero-order chi connectivity index (χ0) is 7.71. The SMILES string of the molecule is [2H]C([2H])([2H])C([2H])([2H])C#C. The molecule has 0 saturated carbocycles. The minimum Gasteiger partial charge on any atom is -0.120 e. The van der Waals surface area contributed by atoms with Crippen molar-refractivity contribution in [2.75, 3.05) is 0 Å². The molecule has 0 aromatic heterocycles. The third kappa shape index (κ3) is 1.56. The number of hydrogen-bond acceptors (Lipinski definition) is 0. The molecule has 0 aliphatic heterocycles. The average Bonchev–Trinajstić information content (AvgIpc) is 1.64. The fourth-order valence-corrected chi connectivity index (χ4v) is 0. The highest BCUT2D eigenvalue weighted by atomic mass is 13.5. The second kappa shape index (κ2) is 2.56. The van der Waals surface area contributed by atoms with E-state index in [0.29, 0.717) is 0 Å². The molecule has 0 bridgehead atoms. The summed E-state index contributed by atoms with van der Waals surface area (Å²) >= 11 is 0. The highest BCUT2D eigenvalue weighted by molar-refractivity contribution is 4.80. The zero-order valence-corrected chi connectivity index (χ0v) is 2.08. The third-order valence-electron chi connectivity index (χ3n) is 0.0722. The Hall–Kier alpha value is -0.440. The molecule has 0 aliphatic rings. The van der Waals surface area contributed by atoms with Crippen LogP contribution in [0.15, 0.2) is 0 Å². The minimum absolute atomic E-state index is 1.55. The van der Waals surface area contributed by atoms with Crippen molar-refractivity contribution in [2.24, 2.45) is 0 Å². The van der Waals surface area contributed by atoms with Crippen LogP contribution in [0, 0.1) is 12.3 Å². The van der Waals surface area contributed by atoms with Gasteiger partial charge in [0.05, 0.1) is 0 Å². The zero-order valence-electron chi connectivity index (χ0n) is 7.08. The molecule has 0 aromatic carbocycles. The van der Waals surface area contributed by atoms with Crippen molar-refractivity contribution in [3.8, 4) is 12.3 Å². The van der Waals surface area contributed by atoms with Gasteiger partial charge >= 0.3 is 0 Å². The monoisotopic (exact) mass is 59.1 g/mol. The first kappa shape index (κ1) is 0.408. The van der Waals surface area contributed by atoms with Gasteiger partial charge < -0.3 is 0 Å². The molecule has 0 heteroatoms. The Balaban J connectivity index is 4.39. The molecule has 0 fully saturated rings. The molecular formula is C4H6. The summed E-state index contributed by atoms with van der Waals surface area (Å²) in [5, 5.41) is 0. The summed E-state index contributed by atoms with van der Waals surface area (Å²) in [6, 6.07) is 0. The van der Waals surface area contributed by atoms with Crippen LogP contribution in [0.2, 0.25) is 0 Å². The van der Waals surface area contributed by atoms with Gasteiger partial charge in [0, 0.05) is 13.2 Å². The van der Waals surface area contributed by atoms with Gasteiger partial charge in [0.25, 0.3) is 0 Å². The molecular weight excluding hydrogens is 48.0 g/mol. The van der Waals surface area contributed by atoms with Gasteiger partial charge in [-0.1, -0.05) is 6.85 Å². The Kier molecular flexibility index (Phi) is 0.261. The van der Waals surface area contributed by atoms with Crippen LogP contribution in [0.25, 0.3) is 0 Å². The van der Waals surface area contributed by atoms with Crippen LogP contribution in [0.5, 0.6) is 0 Å². The third-order valence-corrected chi connectivity index (χ3v) is 0.0722. The summed E-state index contributed by atoms with van der Waals surface area (Å²) in [5.74, 6) is 1.55. The van der Waals surface area contributed by atoms with Crippen molar-refractivity contribution in [1.29, 1.82) is 0 Å². The van der Waals surface area contributed by atoms with E-state index >= 15 is 0 Å². The van der Waals surface area contributed by atoms with Crippen LogP contribution < -0.4 is 0 Å². The van der Waals surface area contributed by atoms with E-state index < -0.39 is 13.2 Å². The summed E-state index contributed by atoms with van der Waals surface area (Å²) in [6.07, 6.45) is 2.11. The van der Waals surface area contributed by atoms with Crippen molar-refractivity contribution >= 4 is 0 Å². The molecule has 0 saturated heterocycles. The van der Waals surface area contributed by atoms with Crippen molar-refractivity contribution in [3.05, 3.63) is 0 Å². The lowest BCUT2D eigenvalue weighted by atomic mass is 10.5. The Morgan fingerprint density at radius 2 is 3.50 bits per heavy atom. The maximum atomic E-state index is 6.69. The quantitative estimate of drug-likeness (QED) is 0.365. The molecule has 0 aromatic rings. The average molecular weight is 59.1 g/mol. The van der Waals surface area contributed by atoms with Gasteiger partial charge in [0.2, 0.25) is 0 Å². The first-order valence-electron chi connectivity index (χ1n) is 3.29. The predicted octanol–water partition coefficient (Wildman–Crippen LogP) is 1.03. The van der Waals surface area contributed by atoms with Crippen molar-refractivity contribution in [3.63, 3.8) is 0 Å². The van der Waals surface area contributed by atoms with E-state index in [9.17, 15) is 0 Å². The normalized spacial score (nSPS) is 30.2. The Bertz CT molecular complexity index is 136. The van der Waals surface area contributed by atoms with Gasteiger partial charge in [-0.15, -0.1) is 12.3 Å². The van der Waals surface area contributed by atoms with Crippen LogP contribution in [-0.2, 0) is 0 Å². The molecule has 0 N–H and O–H groups in total. The van der Waals surface area contributed by atoms with Crippen LogP contribution >= 0.6 is 0 Å². The predicted molar refractivity (Wildman–Crippen MR) is 19.1 cm³/mol. The van der Waals surface area contributed by atoms with E-state index in [2.05, 4.69) is 6.42 Å². The Labute approximate surface area is 33.9 Å². The molecule has 0 radical (unpaired) electrons. The minimum atomic E-state index is -2.71. The number of hydrogen-bond donors (Lipinski definition) is 0. The van der Waals surface area contributed by atoms with Crippen LogP contribution in [-0.4, -0.2) is 0 Å². The second-order valence-corrected chi connectivity index (χ2v) is 0.269. The lowest BCUT2D eigenvalue weighted by Gasteiger charge is -1.52. The van der Waals surface area contributed by atoms with Gasteiger partial charge in [-0.05, 0) is 0 Å². The summed E-state index contributed by atoms with van der Waals surface area (Å²) < 4.78 is 33.0. The highest BCUT2D eigenvalue weighted by Crippen LogP contribution is 1.58. The Morgan fingerprint density at radius 1 is 2.75 bits per heavy atom. The van der Waals surface area contributed by atoms with Crippen LogP contribution in [0.3, 0.4) is 0 Å². The Morgan fingerprint density at radius 3 is 3.50 bits per heavy atom. The van der Waals surface area contributed by atoms with Gasteiger partial charge in [-0.2, -0.15) is 0 Å². The highest BCUT2D eigenvalue weighted by Gasteiger charge is 1.43. The van der Waals surface area contributed by atoms with Gasteiger partial charge in [0.15, 0.2) is 0 Å². The van der Waals surface area contributed by atoms with Gasteiger partial charge in [-0.3, -0.25) is 0 Å². The molecule has 0 unspecified atom stereocenters. The summed E-state index contributed by atoms with van der Waals surface area (Å²) in [4.78, 5) is 0. The fraction of sp³-hybridized carbons (Fsp3) is 0.500. The lowest BCUT2D eigenvalue weighted by molar-refractivity contribution is 1.28. The number of rotatable bonds is 0. The molecule has 0 rings (SSSR count). The molecule has 4 heavy (non-hydrogen) atoms. The molecule has 0 atom stereocenters. The van der Waals surface area contributed by atoms with Gasteiger partial charge in [0.1, 0.15) is 0 Å². The smallest absolute Gasteiger partial charge is 0.0399 e. The van der Waals surface area contributed by atoms with E-state index in [-0.39, 0.29) is 0 Å². The lowest BCUT2D eigenvalue weighted by Crippen LogP contribution is -1.38. The second-order valence-electron chi connectivity index (χ2n) is 0.269. The summed E-state index contributed by atoms with van der Waals surface area (Å²) in [7, 11) is 0. The fourth-order valence-electron chi connectivity index (χ4n) is 0. The summed E-state index contributed by atoms with van der Waals surface area (Å²) in [5.41, 5.74) is 0. The van der Waals surface area contributed by atoms with Crippen LogP contribution in [0.4, 0.5) is 0 Å². The van der Waals surface area contributed by atoms with E-state index in [0.717, 1.165) is 0 Å². The summed E-state index contributed by atoms with van der Waals surface area (Å²) in [6.45, 7) is -2.71. The van der Waals surface area contributed by atoms with Crippen LogP contribution in [0.1, 0.15) is 20.1 Å². The molecule has 22 valence electrons. The van der Waals surface area contributed by atoms with E-state index in [1.165, 1.54) is 0 Å². The molecule has 0 spiro atoms. The van der Waals surface area contributed by atoms with E-state index in [1.54, 1.807) is 5.92 Å². The van der Waals surface area contributed by atoms with E-state index in [4.69, 9.17) is 6.85 Å². The van der Waals surface area contributed by atoms with Gasteiger partial charge in [-0.25, -0.2) is 0 Å². The standard InChI is InChI=1S/C4H6/c1-3-4-2/h1H,4H2,2H3/i2D3,4D2. The number of terminal acetylenes is 1. The molecule has 0 aliphatic carbocycles. The van der Waals surface area contributed by atoms with E-state index in [1.807, 2.05) is 0 Å². The molecule has 0 nitrogen and oxygen atoms in total. The largest absolute Gasteiger partial charge is 0.120 e. The van der Waals surface area contributed by atoms with Crippen molar-refractivity contribution < 1.29 is 6.85 Å². The molecule has 0 heterocycles. The first-order chi connectivity index (χ1) is 3.81. The molecule has 0 amide bonds. The van der Waals surface area contributed by atoms with Crippen molar-refractivity contribution in [2.45, 2.75) is 13.2 Å². The maximum Gasteiger partial charge on any atom is 0.0399 e. The topological polar surface area (TPSA) is 0 Å². The first-order valence-corrected chi connectivity index (χ1v) is 0.789. The maximum absolute atomic E-state index is 6.69. The van der Waals surface area contributed by atoms with Crippen molar-refractivity contribution in [1.82, 2.24) is 0 Å².